The number of unbranched alkanes of at least 4 members (excludes halogenated alkanes) is 21. The summed E-state index contributed by atoms with van der Waals surface area (Å²) in [6, 6.07) is 0. The van der Waals surface area contributed by atoms with E-state index in [1.165, 1.54) is 141 Å². The fourth-order valence-corrected chi connectivity index (χ4v) is 5.22. The molecule has 5 nitrogen and oxygen atoms in total. The summed E-state index contributed by atoms with van der Waals surface area (Å²) in [7, 11) is 1.74. The first-order valence-corrected chi connectivity index (χ1v) is 18.6. The van der Waals surface area contributed by atoms with Crippen LogP contribution in [0.3, 0.4) is 0 Å². The Bertz CT molecular complexity index is 608. The molecule has 0 radical (unpaired) electrons. The van der Waals surface area contributed by atoms with Crippen LogP contribution in [0.5, 0.6) is 0 Å². The molecule has 0 bridgehead atoms. The predicted octanol–water partition coefficient (Wildman–Crippen LogP) is 11.6. The van der Waals surface area contributed by atoms with Crippen LogP contribution in [0, 0.1) is 0 Å². The number of hydrogen-bond acceptors (Lipinski definition) is 5. The van der Waals surface area contributed by atoms with E-state index in [1.54, 1.807) is 7.11 Å². The molecule has 0 fully saturated rings. The molecule has 0 saturated carbocycles. The Hall–Kier alpha value is -1.62. The van der Waals surface area contributed by atoms with Gasteiger partial charge in [0.05, 0.1) is 6.26 Å². The fraction of sp³-hybridized carbons (Fsp3) is 0.842. The molecular weight excluding hydrogens is 530 g/mol. The van der Waals surface area contributed by atoms with Crippen molar-refractivity contribution in [1.82, 2.24) is 15.1 Å². The highest BCUT2D eigenvalue weighted by atomic mass is 16.5. The third kappa shape index (κ3) is 33.1. The highest BCUT2D eigenvalue weighted by Gasteiger charge is 1.99. The quantitative estimate of drug-likeness (QED) is 0.0442. The second kappa shape index (κ2) is 36.6. The van der Waals surface area contributed by atoms with Crippen molar-refractivity contribution in [2.45, 2.75) is 175 Å². The Morgan fingerprint density at radius 3 is 1.30 bits per heavy atom. The summed E-state index contributed by atoms with van der Waals surface area (Å²) in [5.74, 6) is 0. The highest BCUT2D eigenvalue weighted by molar-refractivity contribution is 4.88. The minimum Gasteiger partial charge on any atom is -0.481 e. The topological polar surface area (TPSA) is 37.0 Å². The Morgan fingerprint density at radius 2 is 0.884 bits per heavy atom. The van der Waals surface area contributed by atoms with E-state index in [0.717, 1.165) is 25.9 Å². The van der Waals surface area contributed by atoms with Gasteiger partial charge in [0.1, 0.15) is 6.73 Å². The zero-order valence-electron chi connectivity index (χ0n) is 29.5. The molecule has 1 N–H and O–H groups in total. The Labute approximate surface area is 269 Å². The average Bonchev–Trinajstić information content (AvgIpc) is 3.02. The molecule has 0 spiro atoms. The monoisotopic (exact) mass is 606 g/mol. The van der Waals surface area contributed by atoms with Gasteiger partial charge in [-0.3, -0.25) is 0 Å². The molecule has 0 saturated heterocycles. The summed E-state index contributed by atoms with van der Waals surface area (Å²) >= 11 is 0. The van der Waals surface area contributed by atoms with Gasteiger partial charge in [-0.15, -0.1) is 0 Å². The molecule has 0 aliphatic carbocycles. The van der Waals surface area contributed by atoms with Gasteiger partial charge in [0, 0.05) is 45.0 Å². The second-order valence-corrected chi connectivity index (χ2v) is 12.4. The Kier molecular flexibility index (Phi) is 35.2. The van der Waals surface area contributed by atoms with Crippen molar-refractivity contribution in [2.75, 3.05) is 33.7 Å². The first kappa shape index (κ1) is 41.4. The van der Waals surface area contributed by atoms with E-state index in [-0.39, 0.29) is 0 Å². The van der Waals surface area contributed by atoms with Crippen molar-refractivity contribution in [3.63, 3.8) is 0 Å². The van der Waals surface area contributed by atoms with Gasteiger partial charge in [0.2, 0.25) is 0 Å². The Balaban J connectivity index is 3.68. The zero-order valence-corrected chi connectivity index (χ0v) is 29.5. The SMILES string of the molecule is CCCCCCCCCCCCCCCCCCCCCC=COCN(C=CNC=CN(CCCC)COC)CCCC. The van der Waals surface area contributed by atoms with E-state index in [1.807, 2.05) is 18.7 Å². The third-order valence-corrected chi connectivity index (χ3v) is 8.06. The number of rotatable bonds is 35. The van der Waals surface area contributed by atoms with Crippen LogP contribution in [0.25, 0.3) is 0 Å². The molecule has 43 heavy (non-hydrogen) atoms. The summed E-state index contributed by atoms with van der Waals surface area (Å²) in [6.45, 7) is 9.94. The molecule has 0 unspecified atom stereocenters. The molecule has 0 amide bonds. The number of allylic oxidation sites excluding steroid dienone is 1. The lowest BCUT2D eigenvalue weighted by Crippen LogP contribution is -2.22. The van der Waals surface area contributed by atoms with Crippen molar-refractivity contribution in [1.29, 1.82) is 0 Å². The molecule has 254 valence electrons. The van der Waals surface area contributed by atoms with E-state index in [2.05, 4.69) is 54.4 Å². The normalized spacial score (nSPS) is 11.8. The van der Waals surface area contributed by atoms with Crippen molar-refractivity contribution >= 4 is 0 Å². The molecule has 0 aliphatic heterocycles. The summed E-state index contributed by atoms with van der Waals surface area (Å²) in [4.78, 5) is 4.39. The highest BCUT2D eigenvalue weighted by Crippen LogP contribution is 2.15. The third-order valence-electron chi connectivity index (χ3n) is 8.06. The lowest BCUT2D eigenvalue weighted by molar-refractivity contribution is 0.0947. The van der Waals surface area contributed by atoms with Crippen molar-refractivity contribution in [3.8, 4) is 0 Å². The van der Waals surface area contributed by atoms with Gasteiger partial charge in [-0.05, 0) is 31.8 Å². The summed E-state index contributed by atoms with van der Waals surface area (Å²) in [5, 5.41) is 3.25. The minimum absolute atomic E-state index is 0.587. The minimum atomic E-state index is 0.587. The number of ether oxygens (including phenoxy) is 2. The lowest BCUT2D eigenvalue weighted by atomic mass is 10.0. The first-order chi connectivity index (χ1) is 21.3. The number of nitrogens with zero attached hydrogens (tertiary/aromatic N) is 2. The predicted molar refractivity (Wildman–Crippen MR) is 190 cm³/mol. The summed E-state index contributed by atoms with van der Waals surface area (Å²) < 4.78 is 11.1. The van der Waals surface area contributed by atoms with Crippen LogP contribution in [0.1, 0.15) is 175 Å². The van der Waals surface area contributed by atoms with Gasteiger partial charge < -0.3 is 24.6 Å². The van der Waals surface area contributed by atoms with Crippen molar-refractivity contribution in [2.24, 2.45) is 0 Å². The lowest BCUT2D eigenvalue weighted by Gasteiger charge is -2.19. The maximum absolute atomic E-state index is 5.83. The van der Waals surface area contributed by atoms with E-state index in [9.17, 15) is 0 Å². The zero-order chi connectivity index (χ0) is 31.3. The largest absolute Gasteiger partial charge is 0.481 e. The van der Waals surface area contributed by atoms with E-state index in [0.29, 0.717) is 13.5 Å². The van der Waals surface area contributed by atoms with Crippen LogP contribution in [-0.4, -0.2) is 43.5 Å². The maximum Gasteiger partial charge on any atom is 0.160 e. The molecular formula is C38H75N3O2. The fourth-order valence-electron chi connectivity index (χ4n) is 5.22. The molecule has 0 aliphatic rings. The number of methoxy groups -OCH3 is 1. The van der Waals surface area contributed by atoms with Gasteiger partial charge in [0.25, 0.3) is 0 Å². The Morgan fingerprint density at radius 1 is 0.488 bits per heavy atom. The van der Waals surface area contributed by atoms with Crippen LogP contribution in [-0.2, 0) is 9.47 Å². The van der Waals surface area contributed by atoms with Crippen LogP contribution in [0.2, 0.25) is 0 Å². The van der Waals surface area contributed by atoms with Crippen LogP contribution >= 0.6 is 0 Å². The van der Waals surface area contributed by atoms with Crippen LogP contribution in [0.4, 0.5) is 0 Å². The molecule has 0 aromatic heterocycles. The van der Waals surface area contributed by atoms with E-state index < -0.39 is 0 Å². The summed E-state index contributed by atoms with van der Waals surface area (Å²) in [5.41, 5.74) is 0. The molecule has 5 heteroatoms. The van der Waals surface area contributed by atoms with Gasteiger partial charge in [-0.2, -0.15) is 0 Å². The van der Waals surface area contributed by atoms with Crippen LogP contribution < -0.4 is 5.32 Å². The van der Waals surface area contributed by atoms with E-state index in [4.69, 9.17) is 9.47 Å². The summed E-state index contributed by atoms with van der Waals surface area (Å²) in [6.07, 6.45) is 45.1. The maximum atomic E-state index is 5.83. The van der Waals surface area contributed by atoms with Gasteiger partial charge >= 0.3 is 0 Å². The van der Waals surface area contributed by atoms with Crippen molar-refractivity contribution in [3.05, 3.63) is 37.1 Å². The van der Waals surface area contributed by atoms with Crippen LogP contribution in [0.15, 0.2) is 37.1 Å². The standard InChI is InChI=1S/C38H75N3O2/c1-5-8-11-12-13-14-15-16-17-18-19-20-21-22-23-24-25-26-27-28-29-36-43-38-41(33-10-7-3)35-31-39-30-34-40(37-42-4)32-9-6-2/h29-31,34-36,39H,5-28,32-33,37-38H2,1-4H3. The molecule has 0 atom stereocenters. The molecule has 0 heterocycles. The second-order valence-electron chi connectivity index (χ2n) is 12.4. The van der Waals surface area contributed by atoms with Crippen molar-refractivity contribution < 1.29 is 9.47 Å². The molecule has 0 aromatic rings. The van der Waals surface area contributed by atoms with Gasteiger partial charge in [-0.1, -0.05) is 149 Å². The first-order valence-electron chi connectivity index (χ1n) is 18.6. The van der Waals surface area contributed by atoms with Gasteiger partial charge in [0.15, 0.2) is 6.73 Å². The smallest absolute Gasteiger partial charge is 0.160 e. The number of nitrogens with one attached hydrogen (secondary N) is 1. The average molecular weight is 606 g/mol. The van der Waals surface area contributed by atoms with E-state index >= 15 is 0 Å². The number of hydrogen-bond donors (Lipinski definition) is 1. The molecule has 0 rings (SSSR count). The van der Waals surface area contributed by atoms with Gasteiger partial charge in [-0.25, -0.2) is 0 Å². The molecule has 0 aromatic carbocycles.